The molecule has 0 aromatic heterocycles. The van der Waals surface area contributed by atoms with Crippen molar-refractivity contribution in [1.82, 2.24) is 0 Å². The van der Waals surface area contributed by atoms with Gasteiger partial charge in [-0.25, -0.2) is 4.79 Å². The van der Waals surface area contributed by atoms with Gasteiger partial charge in [-0.2, -0.15) is 0 Å². The van der Waals surface area contributed by atoms with Crippen LogP contribution >= 0.6 is 11.6 Å². The van der Waals surface area contributed by atoms with Crippen molar-refractivity contribution < 1.29 is 9.53 Å². The van der Waals surface area contributed by atoms with E-state index in [4.69, 9.17) is 11.6 Å². The van der Waals surface area contributed by atoms with Gasteiger partial charge in [0.05, 0.1) is 6.61 Å². The van der Waals surface area contributed by atoms with Crippen molar-refractivity contribution >= 4 is 17.6 Å². The Morgan fingerprint density at radius 3 is 2.67 bits per heavy atom. The lowest BCUT2D eigenvalue weighted by atomic mass is 10.5. The summed E-state index contributed by atoms with van der Waals surface area (Å²) in [6.45, 7) is 3.78. The lowest BCUT2D eigenvalue weighted by Gasteiger charge is -1.96. The van der Waals surface area contributed by atoms with Crippen molar-refractivity contribution in [1.29, 1.82) is 0 Å². The predicted molar refractivity (Wildman–Crippen MR) is 36.2 cm³/mol. The zero-order valence-electron chi connectivity index (χ0n) is 5.48. The average molecular weight is 149 g/mol. The number of carbonyl (C=O) groups excluding carboxylic acids is 1. The van der Waals surface area contributed by atoms with Crippen molar-refractivity contribution in [2.24, 2.45) is 0 Å². The van der Waals surface area contributed by atoms with E-state index in [0.29, 0.717) is 6.61 Å². The third kappa shape index (κ3) is 3.14. The topological polar surface area (TPSA) is 26.3 Å². The van der Waals surface area contributed by atoms with Gasteiger partial charge >= 0.3 is 5.97 Å². The molecule has 0 saturated carbocycles. The van der Waals surface area contributed by atoms with Gasteiger partial charge in [0.15, 0.2) is 0 Å². The molecule has 0 unspecified atom stereocenters. The molecule has 0 heterocycles. The highest BCUT2D eigenvalue weighted by molar-refractivity contribution is 6.41. The molecule has 0 rings (SSSR count). The molecule has 0 aliphatic carbocycles. The Labute approximate surface area is 59.5 Å². The van der Waals surface area contributed by atoms with Gasteiger partial charge in [0.25, 0.3) is 0 Å². The molecule has 0 amide bonds. The first-order chi connectivity index (χ1) is 4.22. The van der Waals surface area contributed by atoms with Crippen molar-refractivity contribution in [2.45, 2.75) is 13.8 Å². The maximum Gasteiger partial charge on any atom is 0.349 e. The molecule has 0 atom stereocenters. The third-order valence-electron chi connectivity index (χ3n) is 0.724. The lowest BCUT2D eigenvalue weighted by Crippen LogP contribution is -2.02. The van der Waals surface area contributed by atoms with Crippen molar-refractivity contribution in [3.63, 3.8) is 0 Å². The Balaban J connectivity index is 3.74. The Morgan fingerprint density at radius 2 is 2.33 bits per heavy atom. The van der Waals surface area contributed by atoms with Crippen molar-refractivity contribution in [3.05, 3.63) is 11.1 Å². The first-order valence-corrected chi connectivity index (χ1v) is 3.09. The molecule has 2 nitrogen and oxygen atoms in total. The van der Waals surface area contributed by atoms with Crippen LogP contribution < -0.4 is 0 Å². The molecule has 0 spiro atoms. The summed E-state index contributed by atoms with van der Waals surface area (Å²) in [5.74, 6) is -0.457. The fourth-order valence-corrected chi connectivity index (χ4v) is 0.372. The number of allylic oxidation sites excluding steroid dienone is 1. The quantitative estimate of drug-likeness (QED) is 0.440. The van der Waals surface area contributed by atoms with Gasteiger partial charge < -0.3 is 4.74 Å². The molecule has 0 aliphatic heterocycles. The number of hydrogen-bond donors (Lipinski definition) is 0. The van der Waals surface area contributed by atoms with Crippen LogP contribution in [0.3, 0.4) is 0 Å². The minimum atomic E-state index is -0.457. The van der Waals surface area contributed by atoms with Gasteiger partial charge in [-0.3, -0.25) is 0 Å². The highest BCUT2D eigenvalue weighted by Gasteiger charge is 2.03. The number of ether oxygens (including phenoxy) is 1. The summed E-state index contributed by atoms with van der Waals surface area (Å²) in [7, 11) is 0. The first-order valence-electron chi connectivity index (χ1n) is 2.71. The van der Waals surface area contributed by atoms with Gasteiger partial charge in [0.2, 0.25) is 0 Å². The molecule has 0 aromatic carbocycles. The van der Waals surface area contributed by atoms with Crippen LogP contribution in [0.2, 0.25) is 0 Å². The van der Waals surface area contributed by atoms with Crippen LogP contribution in [0, 0.1) is 0 Å². The van der Waals surface area contributed by atoms with E-state index in [1.165, 1.54) is 6.08 Å². The fraction of sp³-hybridized carbons (Fsp3) is 0.500. The highest BCUT2D eigenvalue weighted by Crippen LogP contribution is 2.02. The minimum Gasteiger partial charge on any atom is -0.462 e. The van der Waals surface area contributed by atoms with Gasteiger partial charge in [-0.15, -0.1) is 0 Å². The number of rotatable bonds is 2. The second-order valence-corrected chi connectivity index (χ2v) is 1.76. The van der Waals surface area contributed by atoms with E-state index in [9.17, 15) is 4.79 Å². The van der Waals surface area contributed by atoms with Crippen LogP contribution in [0.5, 0.6) is 0 Å². The second kappa shape index (κ2) is 4.39. The maximum atomic E-state index is 10.6. The van der Waals surface area contributed by atoms with Crippen molar-refractivity contribution in [3.8, 4) is 0 Å². The molecule has 0 bridgehead atoms. The molecule has 0 saturated heterocycles. The summed E-state index contributed by atoms with van der Waals surface area (Å²) < 4.78 is 4.56. The van der Waals surface area contributed by atoms with E-state index in [2.05, 4.69) is 4.74 Å². The van der Waals surface area contributed by atoms with Crippen LogP contribution in [0.1, 0.15) is 13.8 Å². The minimum absolute atomic E-state index is 0.136. The molecule has 0 aromatic rings. The molecule has 3 heteroatoms. The molecular weight excluding hydrogens is 140 g/mol. The summed E-state index contributed by atoms with van der Waals surface area (Å²) in [4.78, 5) is 10.6. The largest absolute Gasteiger partial charge is 0.462 e. The summed E-state index contributed by atoms with van der Waals surface area (Å²) in [6, 6.07) is 0. The molecule has 52 valence electrons. The molecule has 0 aliphatic rings. The van der Waals surface area contributed by atoms with E-state index in [1.54, 1.807) is 13.8 Å². The molecule has 0 radical (unpaired) electrons. The van der Waals surface area contributed by atoms with E-state index in [0.717, 1.165) is 0 Å². The zero-order chi connectivity index (χ0) is 7.28. The highest BCUT2D eigenvalue weighted by atomic mass is 35.5. The summed E-state index contributed by atoms with van der Waals surface area (Å²) in [5, 5.41) is 0.136. The van der Waals surface area contributed by atoms with E-state index in [-0.39, 0.29) is 5.03 Å². The van der Waals surface area contributed by atoms with Gasteiger partial charge in [-0.05, 0) is 13.8 Å². The van der Waals surface area contributed by atoms with Gasteiger partial charge in [0, 0.05) is 0 Å². The van der Waals surface area contributed by atoms with E-state index in [1.807, 2.05) is 0 Å². The number of halogens is 1. The monoisotopic (exact) mass is 148 g/mol. The maximum absolute atomic E-state index is 10.6. The third-order valence-corrected chi connectivity index (χ3v) is 1.10. The summed E-state index contributed by atoms with van der Waals surface area (Å²) >= 11 is 5.38. The average Bonchev–Trinajstić information content (AvgIpc) is 1.87. The van der Waals surface area contributed by atoms with Crippen LogP contribution in [0.25, 0.3) is 0 Å². The summed E-state index contributed by atoms with van der Waals surface area (Å²) in [5.41, 5.74) is 0. The van der Waals surface area contributed by atoms with Crippen LogP contribution in [-0.4, -0.2) is 12.6 Å². The molecule has 0 N–H and O–H groups in total. The number of hydrogen-bond acceptors (Lipinski definition) is 2. The predicted octanol–water partition coefficient (Wildman–Crippen LogP) is 1.69. The van der Waals surface area contributed by atoms with E-state index >= 15 is 0 Å². The van der Waals surface area contributed by atoms with Crippen LogP contribution in [-0.2, 0) is 9.53 Å². The number of esters is 1. The number of carbonyl (C=O) groups is 1. The summed E-state index contributed by atoms with van der Waals surface area (Å²) in [6.07, 6.45) is 1.50. The molecule has 0 fully saturated rings. The Bertz CT molecular complexity index is 129. The normalized spacial score (nSPS) is 11.2. The van der Waals surface area contributed by atoms with Gasteiger partial charge in [-0.1, -0.05) is 17.7 Å². The molecule has 9 heavy (non-hydrogen) atoms. The lowest BCUT2D eigenvalue weighted by molar-refractivity contribution is -0.137. The van der Waals surface area contributed by atoms with E-state index < -0.39 is 5.97 Å². The van der Waals surface area contributed by atoms with Gasteiger partial charge in [0.1, 0.15) is 5.03 Å². The Kier molecular flexibility index (Phi) is 4.14. The smallest absolute Gasteiger partial charge is 0.349 e. The first kappa shape index (κ1) is 8.50. The van der Waals surface area contributed by atoms with Crippen molar-refractivity contribution in [2.75, 3.05) is 6.61 Å². The molecular formula is C6H9ClO2. The fourth-order valence-electron chi connectivity index (χ4n) is 0.318. The van der Waals surface area contributed by atoms with Crippen LogP contribution in [0.4, 0.5) is 0 Å². The zero-order valence-corrected chi connectivity index (χ0v) is 6.23. The second-order valence-electron chi connectivity index (χ2n) is 1.36. The Hall–Kier alpha value is -0.500. The Morgan fingerprint density at radius 1 is 1.78 bits per heavy atom. The van der Waals surface area contributed by atoms with Crippen LogP contribution in [0.15, 0.2) is 11.1 Å². The standard InChI is InChI=1S/C6H9ClO2/c1-3-5(7)6(8)9-4-2/h3H,4H2,1-2H3. The SMILES string of the molecule is CC=C(Cl)C(=O)OCC.